The van der Waals surface area contributed by atoms with E-state index in [-0.39, 0.29) is 5.84 Å². The van der Waals surface area contributed by atoms with Crippen molar-refractivity contribution in [3.05, 3.63) is 17.5 Å². The molecule has 1 aromatic heterocycles. The van der Waals surface area contributed by atoms with Gasteiger partial charge in [0.05, 0.1) is 0 Å². The largest absolute Gasteiger partial charge is 0.409 e. The zero-order chi connectivity index (χ0) is 11.3. The lowest BCUT2D eigenvalue weighted by Gasteiger charge is -2.02. The first kappa shape index (κ1) is 11.8. The monoisotopic (exact) mass is 226 g/mol. The summed E-state index contributed by atoms with van der Waals surface area (Å²) >= 11 is 1.50. The fourth-order valence-corrected chi connectivity index (χ4v) is 1.97. The number of nitrogens with zero attached hydrogens (tertiary/aromatic N) is 3. The first-order chi connectivity index (χ1) is 7.11. The van der Waals surface area contributed by atoms with E-state index in [1.54, 1.807) is 0 Å². The zero-order valence-corrected chi connectivity index (χ0v) is 9.58. The summed E-state index contributed by atoms with van der Waals surface area (Å²) < 4.78 is 0. The average Bonchev–Trinajstić information content (AvgIpc) is 2.16. The number of thioether (sulfide) groups is 1. The van der Waals surface area contributed by atoms with E-state index < -0.39 is 0 Å². The van der Waals surface area contributed by atoms with Gasteiger partial charge in [0, 0.05) is 23.6 Å². The topological polar surface area (TPSA) is 84.4 Å². The second-order valence-corrected chi connectivity index (χ2v) is 4.19. The summed E-state index contributed by atoms with van der Waals surface area (Å²) in [5, 5.41) is 12.0. The number of aromatic nitrogens is 2. The van der Waals surface area contributed by atoms with Crippen molar-refractivity contribution in [3.63, 3.8) is 0 Å². The molecule has 0 fully saturated rings. The van der Waals surface area contributed by atoms with Gasteiger partial charge in [0.2, 0.25) is 0 Å². The van der Waals surface area contributed by atoms with Gasteiger partial charge in [-0.2, -0.15) is 0 Å². The van der Waals surface area contributed by atoms with Crippen molar-refractivity contribution >= 4 is 17.6 Å². The van der Waals surface area contributed by atoms with Crippen LogP contribution < -0.4 is 5.73 Å². The number of nitrogens with two attached hydrogens (primary N) is 1. The Morgan fingerprint density at radius 1 is 1.47 bits per heavy atom. The molecule has 0 aliphatic rings. The second kappa shape index (κ2) is 5.55. The number of aryl methyl sites for hydroxylation is 2. The van der Waals surface area contributed by atoms with Crippen LogP contribution in [0.25, 0.3) is 0 Å². The number of rotatable bonds is 4. The Morgan fingerprint density at radius 3 is 2.60 bits per heavy atom. The van der Waals surface area contributed by atoms with Crippen molar-refractivity contribution in [2.24, 2.45) is 10.9 Å². The molecule has 0 unspecified atom stereocenters. The molecule has 82 valence electrons. The van der Waals surface area contributed by atoms with Crippen LogP contribution in [0.15, 0.2) is 16.4 Å². The highest BCUT2D eigenvalue weighted by molar-refractivity contribution is 7.99. The molecular formula is C9H14N4OS. The van der Waals surface area contributed by atoms with Gasteiger partial charge in [0.1, 0.15) is 5.84 Å². The average molecular weight is 226 g/mol. The van der Waals surface area contributed by atoms with Crippen LogP contribution in [0.1, 0.15) is 17.8 Å². The Hall–Kier alpha value is -1.30. The lowest BCUT2D eigenvalue weighted by Crippen LogP contribution is -2.12. The quantitative estimate of drug-likeness (QED) is 0.202. The Labute approximate surface area is 92.8 Å². The molecule has 0 spiro atoms. The lowest BCUT2D eigenvalue weighted by molar-refractivity contribution is 0.317. The molecule has 1 heterocycles. The molecule has 0 bridgehead atoms. The zero-order valence-electron chi connectivity index (χ0n) is 8.77. The van der Waals surface area contributed by atoms with Gasteiger partial charge in [-0.3, -0.25) is 0 Å². The second-order valence-electron chi connectivity index (χ2n) is 3.12. The van der Waals surface area contributed by atoms with E-state index in [1.165, 1.54) is 11.8 Å². The van der Waals surface area contributed by atoms with Gasteiger partial charge in [-0.15, -0.1) is 0 Å². The minimum absolute atomic E-state index is 0.229. The molecule has 0 saturated carbocycles. The molecule has 0 saturated heterocycles. The number of hydrogen-bond donors (Lipinski definition) is 2. The van der Waals surface area contributed by atoms with Gasteiger partial charge in [-0.05, 0) is 19.9 Å². The smallest absolute Gasteiger partial charge is 0.187 e. The Bertz CT molecular complexity index is 347. The van der Waals surface area contributed by atoms with Crippen molar-refractivity contribution in [1.29, 1.82) is 0 Å². The Kier molecular flexibility index (Phi) is 4.36. The van der Waals surface area contributed by atoms with Crippen molar-refractivity contribution in [1.82, 2.24) is 9.97 Å². The van der Waals surface area contributed by atoms with E-state index in [9.17, 15) is 0 Å². The highest BCUT2D eigenvalue weighted by Gasteiger charge is 2.01. The maximum absolute atomic E-state index is 8.34. The lowest BCUT2D eigenvalue weighted by atomic mass is 10.4. The summed E-state index contributed by atoms with van der Waals surface area (Å²) in [6, 6.07) is 1.92. The predicted molar refractivity (Wildman–Crippen MR) is 60.3 cm³/mol. The molecule has 3 N–H and O–H groups in total. The summed E-state index contributed by atoms with van der Waals surface area (Å²) in [6.07, 6.45) is 0.525. The summed E-state index contributed by atoms with van der Waals surface area (Å²) in [7, 11) is 0. The van der Waals surface area contributed by atoms with Crippen LogP contribution >= 0.6 is 11.8 Å². The fourth-order valence-electron chi connectivity index (χ4n) is 1.06. The molecule has 0 atom stereocenters. The van der Waals surface area contributed by atoms with Gasteiger partial charge in [0.15, 0.2) is 5.16 Å². The van der Waals surface area contributed by atoms with Crippen LogP contribution in [0, 0.1) is 13.8 Å². The first-order valence-corrected chi connectivity index (χ1v) is 5.52. The van der Waals surface area contributed by atoms with Crippen LogP contribution in [0.4, 0.5) is 0 Å². The molecule has 1 aromatic rings. The van der Waals surface area contributed by atoms with Crippen LogP contribution in [-0.4, -0.2) is 26.8 Å². The minimum Gasteiger partial charge on any atom is -0.409 e. The van der Waals surface area contributed by atoms with E-state index in [2.05, 4.69) is 15.1 Å². The fraction of sp³-hybridized carbons (Fsp3) is 0.444. The van der Waals surface area contributed by atoms with Crippen LogP contribution in [0.3, 0.4) is 0 Å². The van der Waals surface area contributed by atoms with Crippen LogP contribution in [0.2, 0.25) is 0 Å². The minimum atomic E-state index is 0.229. The van der Waals surface area contributed by atoms with Gasteiger partial charge in [0.25, 0.3) is 0 Å². The van der Waals surface area contributed by atoms with Crippen LogP contribution in [0.5, 0.6) is 0 Å². The molecule has 0 radical (unpaired) electrons. The maximum atomic E-state index is 8.34. The molecule has 6 heteroatoms. The number of hydrogen-bond acceptors (Lipinski definition) is 5. The van der Waals surface area contributed by atoms with Crippen LogP contribution in [-0.2, 0) is 0 Å². The van der Waals surface area contributed by atoms with Gasteiger partial charge >= 0.3 is 0 Å². The van der Waals surface area contributed by atoms with Crippen molar-refractivity contribution in [3.8, 4) is 0 Å². The predicted octanol–water partition coefficient (Wildman–Crippen LogP) is 1.32. The maximum Gasteiger partial charge on any atom is 0.187 e. The molecule has 0 aliphatic heterocycles. The Balaban J connectivity index is 2.51. The van der Waals surface area contributed by atoms with Gasteiger partial charge < -0.3 is 10.9 Å². The third-order valence-electron chi connectivity index (χ3n) is 1.68. The highest BCUT2D eigenvalue weighted by Crippen LogP contribution is 2.14. The molecule has 0 amide bonds. The molecule has 15 heavy (non-hydrogen) atoms. The molecule has 0 aliphatic carbocycles. The molecule has 1 rings (SSSR count). The van der Waals surface area contributed by atoms with Crippen molar-refractivity contribution in [2.75, 3.05) is 5.75 Å². The van der Waals surface area contributed by atoms with Crippen molar-refractivity contribution in [2.45, 2.75) is 25.4 Å². The summed E-state index contributed by atoms with van der Waals surface area (Å²) in [4.78, 5) is 8.53. The Morgan fingerprint density at radius 2 is 2.07 bits per heavy atom. The number of oxime groups is 1. The van der Waals surface area contributed by atoms with Gasteiger partial charge in [-0.1, -0.05) is 16.9 Å². The summed E-state index contributed by atoms with van der Waals surface area (Å²) in [5.41, 5.74) is 7.25. The highest BCUT2D eigenvalue weighted by atomic mass is 32.2. The van der Waals surface area contributed by atoms with Crippen molar-refractivity contribution < 1.29 is 5.21 Å². The summed E-state index contributed by atoms with van der Waals surface area (Å²) in [6.45, 7) is 3.87. The van der Waals surface area contributed by atoms with E-state index >= 15 is 0 Å². The summed E-state index contributed by atoms with van der Waals surface area (Å²) in [5.74, 6) is 0.936. The molecular weight excluding hydrogens is 212 g/mol. The first-order valence-electron chi connectivity index (χ1n) is 4.53. The third kappa shape index (κ3) is 4.16. The molecule has 5 nitrogen and oxygen atoms in total. The van der Waals surface area contributed by atoms with E-state index in [1.807, 2.05) is 19.9 Å². The van der Waals surface area contributed by atoms with Gasteiger partial charge in [-0.25, -0.2) is 9.97 Å². The van der Waals surface area contributed by atoms with E-state index in [4.69, 9.17) is 10.9 Å². The normalized spacial score (nSPS) is 11.7. The SMILES string of the molecule is Cc1cc(C)nc(SCCC(N)=NO)n1. The number of amidine groups is 1. The van der Waals surface area contributed by atoms with E-state index in [0.717, 1.165) is 16.5 Å². The standard InChI is InChI=1S/C9H14N4OS/c1-6-5-7(2)12-9(11-6)15-4-3-8(10)13-14/h5,14H,3-4H2,1-2H3,(H2,10,13). The third-order valence-corrected chi connectivity index (χ3v) is 2.53. The molecule has 0 aromatic carbocycles. The van der Waals surface area contributed by atoms with E-state index in [0.29, 0.717) is 12.2 Å².